The zero-order valence-corrected chi connectivity index (χ0v) is 16.2. The van der Waals surface area contributed by atoms with E-state index in [0.717, 1.165) is 38.0 Å². The van der Waals surface area contributed by atoms with Crippen LogP contribution in [0.25, 0.3) is 0 Å². The summed E-state index contributed by atoms with van der Waals surface area (Å²) in [4.78, 5) is 9.59. The summed E-state index contributed by atoms with van der Waals surface area (Å²) < 4.78 is 6.02. The van der Waals surface area contributed by atoms with Crippen molar-refractivity contribution < 1.29 is 4.74 Å². The van der Waals surface area contributed by atoms with Crippen LogP contribution in [0.15, 0.2) is 4.99 Å². The predicted octanol–water partition coefficient (Wildman–Crippen LogP) is 1.14. The maximum Gasteiger partial charge on any atom is 0.191 e. The number of aliphatic imine (C=N–C) groups is 1. The molecule has 0 amide bonds. The zero-order valence-electron chi connectivity index (χ0n) is 16.2. The van der Waals surface area contributed by atoms with Gasteiger partial charge >= 0.3 is 0 Å². The molecule has 0 aromatic rings. The van der Waals surface area contributed by atoms with Crippen molar-refractivity contribution in [2.75, 3.05) is 59.5 Å². The number of hydrogen-bond acceptors (Lipinski definition) is 4. The van der Waals surface area contributed by atoms with Crippen LogP contribution in [0.1, 0.15) is 39.0 Å². The lowest BCUT2D eigenvalue weighted by molar-refractivity contribution is 0.0150. The van der Waals surface area contributed by atoms with E-state index in [0.29, 0.717) is 12.1 Å². The first-order valence-electron chi connectivity index (χ1n) is 10.3. The molecule has 0 aromatic heterocycles. The van der Waals surface area contributed by atoms with Gasteiger partial charge < -0.3 is 15.4 Å². The number of hydrogen-bond donors (Lipinski definition) is 2. The molecule has 2 N–H and O–H groups in total. The van der Waals surface area contributed by atoms with Crippen molar-refractivity contribution in [1.82, 2.24) is 20.4 Å². The average Bonchev–Trinajstić information content (AvgIpc) is 3.19. The van der Waals surface area contributed by atoms with Crippen LogP contribution in [0, 0.1) is 5.92 Å². The Morgan fingerprint density at radius 2 is 1.92 bits per heavy atom. The Balaban J connectivity index is 1.37. The van der Waals surface area contributed by atoms with Crippen molar-refractivity contribution in [3.05, 3.63) is 0 Å². The van der Waals surface area contributed by atoms with Crippen LogP contribution in [-0.4, -0.2) is 87.4 Å². The number of piperazine rings is 3. The first kappa shape index (κ1) is 18.9. The summed E-state index contributed by atoms with van der Waals surface area (Å²) in [5.74, 6) is 1.69. The Bertz CT molecular complexity index is 416. The van der Waals surface area contributed by atoms with Crippen LogP contribution >= 0.6 is 0 Å². The standard InChI is InChI=1S/C19H37N5O/c1-3-25-18(16-6-4-5-7-16)8-9-21-19(20-2)22-14-17-15-23-10-12-24(17)13-11-23/h16-18H,3-15H2,1-2H3,(H2,20,21,22). The predicted molar refractivity (Wildman–Crippen MR) is 103 cm³/mol. The lowest BCUT2D eigenvalue weighted by Gasteiger charge is -2.47. The molecule has 3 heterocycles. The van der Waals surface area contributed by atoms with Gasteiger partial charge in [0, 0.05) is 65.5 Å². The van der Waals surface area contributed by atoms with Gasteiger partial charge in [-0.15, -0.1) is 0 Å². The van der Waals surface area contributed by atoms with Crippen LogP contribution in [0.4, 0.5) is 0 Å². The van der Waals surface area contributed by atoms with Gasteiger partial charge in [0.2, 0.25) is 0 Å². The topological polar surface area (TPSA) is 52.1 Å². The molecule has 3 aliphatic heterocycles. The molecule has 0 radical (unpaired) electrons. The Labute approximate surface area is 153 Å². The Hall–Kier alpha value is -0.850. The summed E-state index contributed by atoms with van der Waals surface area (Å²) >= 11 is 0. The molecule has 144 valence electrons. The van der Waals surface area contributed by atoms with Gasteiger partial charge in [-0.2, -0.15) is 0 Å². The average molecular weight is 352 g/mol. The van der Waals surface area contributed by atoms with Gasteiger partial charge in [-0.1, -0.05) is 12.8 Å². The Morgan fingerprint density at radius 1 is 1.16 bits per heavy atom. The smallest absolute Gasteiger partial charge is 0.191 e. The summed E-state index contributed by atoms with van der Waals surface area (Å²) in [6.07, 6.45) is 6.91. The molecule has 4 rings (SSSR count). The van der Waals surface area contributed by atoms with Crippen molar-refractivity contribution in [3.8, 4) is 0 Å². The summed E-state index contributed by atoms with van der Waals surface area (Å²) in [6, 6.07) is 0.621. The zero-order chi connectivity index (χ0) is 17.5. The van der Waals surface area contributed by atoms with Crippen molar-refractivity contribution in [2.24, 2.45) is 10.9 Å². The highest BCUT2D eigenvalue weighted by Crippen LogP contribution is 2.30. The number of nitrogens with one attached hydrogen (secondary N) is 2. The number of fused-ring (bicyclic) bond motifs is 3. The molecule has 2 atom stereocenters. The van der Waals surface area contributed by atoms with E-state index < -0.39 is 0 Å². The van der Waals surface area contributed by atoms with Crippen molar-refractivity contribution in [2.45, 2.75) is 51.2 Å². The second kappa shape index (κ2) is 9.74. The van der Waals surface area contributed by atoms with E-state index in [1.165, 1.54) is 58.4 Å². The highest BCUT2D eigenvalue weighted by Gasteiger charge is 2.31. The molecule has 1 saturated carbocycles. The lowest BCUT2D eigenvalue weighted by atomic mass is 9.98. The molecule has 4 fully saturated rings. The molecule has 6 nitrogen and oxygen atoms in total. The number of guanidine groups is 1. The van der Waals surface area contributed by atoms with Gasteiger partial charge in [0.15, 0.2) is 5.96 Å². The molecular weight excluding hydrogens is 314 g/mol. The maximum absolute atomic E-state index is 6.02. The van der Waals surface area contributed by atoms with Gasteiger partial charge in [0.05, 0.1) is 6.10 Å². The number of nitrogens with zero attached hydrogens (tertiary/aromatic N) is 3. The second-order valence-corrected chi connectivity index (χ2v) is 7.70. The first-order chi connectivity index (χ1) is 12.3. The molecule has 2 unspecified atom stereocenters. The Morgan fingerprint density at radius 3 is 2.52 bits per heavy atom. The molecule has 3 saturated heterocycles. The summed E-state index contributed by atoms with van der Waals surface area (Å²) in [6.45, 7) is 11.0. The highest BCUT2D eigenvalue weighted by atomic mass is 16.5. The fourth-order valence-electron chi connectivity index (χ4n) is 4.68. The van der Waals surface area contributed by atoms with Gasteiger partial charge in [0.1, 0.15) is 0 Å². The van der Waals surface area contributed by atoms with Crippen LogP contribution < -0.4 is 10.6 Å². The first-order valence-corrected chi connectivity index (χ1v) is 10.3. The third kappa shape index (κ3) is 5.31. The highest BCUT2D eigenvalue weighted by molar-refractivity contribution is 5.79. The second-order valence-electron chi connectivity index (χ2n) is 7.70. The van der Waals surface area contributed by atoms with Crippen molar-refractivity contribution in [1.29, 1.82) is 0 Å². The summed E-state index contributed by atoms with van der Waals surface area (Å²) in [5.41, 5.74) is 0. The van der Waals surface area contributed by atoms with E-state index in [1.807, 2.05) is 7.05 Å². The molecule has 0 aromatic carbocycles. The number of ether oxygens (including phenoxy) is 1. The molecule has 1 aliphatic carbocycles. The van der Waals surface area contributed by atoms with Crippen molar-refractivity contribution >= 4 is 5.96 Å². The van der Waals surface area contributed by atoms with E-state index >= 15 is 0 Å². The fraction of sp³-hybridized carbons (Fsp3) is 0.947. The third-order valence-corrected chi connectivity index (χ3v) is 6.15. The molecule has 6 heteroatoms. The largest absolute Gasteiger partial charge is 0.378 e. The summed E-state index contributed by atoms with van der Waals surface area (Å²) in [7, 11) is 1.86. The van der Waals surface area contributed by atoms with Crippen LogP contribution in [0.5, 0.6) is 0 Å². The third-order valence-electron chi connectivity index (χ3n) is 6.15. The molecule has 2 bridgehead atoms. The fourth-order valence-corrected chi connectivity index (χ4v) is 4.68. The van der Waals surface area contributed by atoms with E-state index in [2.05, 4.69) is 32.3 Å². The van der Waals surface area contributed by atoms with E-state index in [4.69, 9.17) is 4.74 Å². The SMILES string of the molecule is CCOC(CCNC(=NC)NCC1CN2CCN1CC2)C1CCCC1. The van der Waals surface area contributed by atoms with Gasteiger partial charge in [-0.3, -0.25) is 14.8 Å². The minimum absolute atomic E-state index is 0.408. The molecule has 4 aliphatic rings. The molecular formula is C19H37N5O. The van der Waals surface area contributed by atoms with E-state index in [1.54, 1.807) is 0 Å². The Kier molecular flexibility index (Phi) is 7.37. The van der Waals surface area contributed by atoms with Gasteiger partial charge in [-0.25, -0.2) is 0 Å². The van der Waals surface area contributed by atoms with Gasteiger partial charge in [0.25, 0.3) is 0 Å². The maximum atomic E-state index is 6.02. The normalized spacial score (nSPS) is 31.3. The molecule has 0 spiro atoms. The quantitative estimate of drug-likeness (QED) is 0.507. The van der Waals surface area contributed by atoms with Crippen LogP contribution in [-0.2, 0) is 4.74 Å². The minimum Gasteiger partial charge on any atom is -0.378 e. The summed E-state index contributed by atoms with van der Waals surface area (Å²) in [5, 5.41) is 7.02. The lowest BCUT2D eigenvalue weighted by Crippen LogP contribution is -2.63. The molecule has 25 heavy (non-hydrogen) atoms. The number of rotatable bonds is 8. The minimum atomic E-state index is 0.408. The van der Waals surface area contributed by atoms with E-state index in [9.17, 15) is 0 Å². The van der Waals surface area contributed by atoms with Crippen LogP contribution in [0.2, 0.25) is 0 Å². The van der Waals surface area contributed by atoms with Crippen molar-refractivity contribution in [3.63, 3.8) is 0 Å². The monoisotopic (exact) mass is 351 g/mol. The van der Waals surface area contributed by atoms with Crippen LogP contribution in [0.3, 0.4) is 0 Å². The van der Waals surface area contributed by atoms with E-state index in [-0.39, 0.29) is 0 Å². The van der Waals surface area contributed by atoms with Gasteiger partial charge in [-0.05, 0) is 32.1 Å².